The van der Waals surface area contributed by atoms with E-state index in [1.807, 2.05) is 0 Å². The van der Waals surface area contributed by atoms with E-state index in [0.29, 0.717) is 18.3 Å². The molecule has 1 fully saturated rings. The molecule has 27 heavy (non-hydrogen) atoms. The Balaban J connectivity index is 1.42. The van der Waals surface area contributed by atoms with Gasteiger partial charge >= 0.3 is 0 Å². The lowest BCUT2D eigenvalue weighted by Crippen LogP contribution is -2.37. The van der Waals surface area contributed by atoms with Gasteiger partial charge in [0.15, 0.2) is 5.69 Å². The van der Waals surface area contributed by atoms with E-state index in [0.717, 1.165) is 37.1 Å². The number of amides is 1. The van der Waals surface area contributed by atoms with E-state index in [4.69, 9.17) is 0 Å². The van der Waals surface area contributed by atoms with Crippen molar-refractivity contribution >= 4 is 5.91 Å². The zero-order valence-electron chi connectivity index (χ0n) is 16.3. The summed E-state index contributed by atoms with van der Waals surface area (Å²) in [5.41, 5.74) is 5.37. The van der Waals surface area contributed by atoms with E-state index in [9.17, 15) is 4.79 Å². The molecule has 2 N–H and O–H groups in total. The number of benzene rings is 1. The number of piperidine rings is 1. The summed E-state index contributed by atoms with van der Waals surface area (Å²) in [5.74, 6) is -0.0597. The predicted molar refractivity (Wildman–Crippen MR) is 107 cm³/mol. The largest absolute Gasteiger partial charge is 0.347 e. The van der Waals surface area contributed by atoms with E-state index in [1.54, 1.807) is 0 Å². The molecule has 1 unspecified atom stereocenters. The van der Waals surface area contributed by atoms with Gasteiger partial charge in [-0.2, -0.15) is 5.10 Å². The highest BCUT2D eigenvalue weighted by Gasteiger charge is 2.22. The monoisotopic (exact) mass is 366 g/mol. The molecule has 0 spiro atoms. The average molecular weight is 367 g/mol. The lowest BCUT2D eigenvalue weighted by atomic mass is 9.95. The van der Waals surface area contributed by atoms with Gasteiger partial charge in [0.2, 0.25) is 0 Å². The Bertz CT molecular complexity index is 797. The number of aromatic amines is 1. The van der Waals surface area contributed by atoms with Crippen molar-refractivity contribution < 1.29 is 4.79 Å². The van der Waals surface area contributed by atoms with Gasteiger partial charge in [0.05, 0.1) is 0 Å². The SMILES string of the molecule is CC1CCCCN1Cc1ccccc1CNC(=O)c1n[nH]c2c1CCCC2. The van der Waals surface area contributed by atoms with E-state index in [-0.39, 0.29) is 5.91 Å². The van der Waals surface area contributed by atoms with Crippen LogP contribution in [0.1, 0.15) is 71.9 Å². The lowest BCUT2D eigenvalue weighted by Gasteiger charge is -2.33. The van der Waals surface area contributed by atoms with Crippen LogP contribution in [0.2, 0.25) is 0 Å². The summed E-state index contributed by atoms with van der Waals surface area (Å²) in [6, 6.07) is 9.11. The Morgan fingerprint density at radius 3 is 2.85 bits per heavy atom. The Morgan fingerprint density at radius 1 is 1.19 bits per heavy atom. The van der Waals surface area contributed by atoms with Crippen LogP contribution in [-0.2, 0) is 25.9 Å². The van der Waals surface area contributed by atoms with Gasteiger partial charge < -0.3 is 5.32 Å². The summed E-state index contributed by atoms with van der Waals surface area (Å²) in [4.78, 5) is 15.3. The van der Waals surface area contributed by atoms with Crippen LogP contribution >= 0.6 is 0 Å². The van der Waals surface area contributed by atoms with Crippen molar-refractivity contribution in [2.24, 2.45) is 0 Å². The van der Waals surface area contributed by atoms with Gasteiger partial charge in [0.25, 0.3) is 5.91 Å². The Labute approximate surface area is 161 Å². The molecule has 1 amide bonds. The number of aryl methyl sites for hydroxylation is 1. The normalized spacial score (nSPS) is 20.3. The number of hydrogen-bond acceptors (Lipinski definition) is 3. The third-order valence-corrected chi connectivity index (χ3v) is 6.14. The maximum absolute atomic E-state index is 12.7. The number of fused-ring (bicyclic) bond motifs is 1. The summed E-state index contributed by atoms with van der Waals surface area (Å²) in [7, 11) is 0. The molecule has 1 aliphatic heterocycles. The van der Waals surface area contributed by atoms with Gasteiger partial charge in [0.1, 0.15) is 0 Å². The third-order valence-electron chi connectivity index (χ3n) is 6.14. The van der Waals surface area contributed by atoms with Gasteiger partial charge in [-0.3, -0.25) is 14.8 Å². The Hall–Kier alpha value is -2.14. The number of carbonyl (C=O) groups is 1. The molecule has 0 bridgehead atoms. The van der Waals surface area contributed by atoms with Crippen molar-refractivity contribution in [1.29, 1.82) is 0 Å². The zero-order chi connectivity index (χ0) is 18.6. The van der Waals surface area contributed by atoms with Crippen LogP contribution in [0.25, 0.3) is 0 Å². The molecule has 1 atom stereocenters. The van der Waals surface area contributed by atoms with Crippen molar-refractivity contribution in [3.63, 3.8) is 0 Å². The number of carbonyl (C=O) groups excluding carboxylic acids is 1. The second kappa shape index (κ2) is 8.26. The first-order chi connectivity index (χ1) is 13.2. The highest BCUT2D eigenvalue weighted by Crippen LogP contribution is 2.23. The molecule has 5 nitrogen and oxygen atoms in total. The second-order valence-electron chi connectivity index (χ2n) is 8.00. The van der Waals surface area contributed by atoms with E-state index < -0.39 is 0 Å². The maximum Gasteiger partial charge on any atom is 0.272 e. The molecule has 144 valence electrons. The van der Waals surface area contributed by atoms with Crippen LogP contribution in [0.15, 0.2) is 24.3 Å². The molecule has 0 saturated carbocycles. The highest BCUT2D eigenvalue weighted by atomic mass is 16.1. The summed E-state index contributed by atoms with van der Waals surface area (Å²) in [6.45, 7) is 5.01. The molecule has 1 saturated heterocycles. The van der Waals surface area contributed by atoms with Crippen molar-refractivity contribution in [3.8, 4) is 0 Å². The Morgan fingerprint density at radius 2 is 2.00 bits per heavy atom. The second-order valence-corrected chi connectivity index (χ2v) is 8.00. The highest BCUT2D eigenvalue weighted by molar-refractivity contribution is 5.94. The van der Waals surface area contributed by atoms with Crippen LogP contribution < -0.4 is 5.32 Å². The van der Waals surface area contributed by atoms with Crippen LogP contribution in [0, 0.1) is 0 Å². The lowest BCUT2D eigenvalue weighted by molar-refractivity contribution is 0.0944. The molecule has 1 aromatic heterocycles. The molecule has 5 heteroatoms. The predicted octanol–water partition coefficient (Wildman–Crippen LogP) is 3.59. The van der Waals surface area contributed by atoms with Crippen molar-refractivity contribution in [2.45, 2.75) is 71.0 Å². The molecule has 1 aliphatic carbocycles. The number of hydrogen-bond donors (Lipinski definition) is 2. The van der Waals surface area contributed by atoms with Crippen molar-refractivity contribution in [1.82, 2.24) is 20.4 Å². The van der Waals surface area contributed by atoms with E-state index >= 15 is 0 Å². The molecule has 2 aromatic rings. The molecule has 4 rings (SSSR count). The van der Waals surface area contributed by atoms with Crippen LogP contribution in [0.4, 0.5) is 0 Å². The fourth-order valence-corrected chi connectivity index (χ4v) is 4.42. The van der Waals surface area contributed by atoms with E-state index in [1.165, 1.54) is 43.4 Å². The first-order valence-corrected chi connectivity index (χ1v) is 10.4. The van der Waals surface area contributed by atoms with E-state index in [2.05, 4.69) is 51.6 Å². The van der Waals surface area contributed by atoms with Crippen LogP contribution in [0.3, 0.4) is 0 Å². The summed E-state index contributed by atoms with van der Waals surface area (Å²) in [6.07, 6.45) is 8.19. The number of likely N-dealkylation sites (tertiary alicyclic amines) is 1. The van der Waals surface area contributed by atoms with Crippen molar-refractivity contribution in [3.05, 3.63) is 52.3 Å². The van der Waals surface area contributed by atoms with Gasteiger partial charge in [0, 0.05) is 30.4 Å². The molecular formula is C22H30N4O. The minimum absolute atomic E-state index is 0.0597. The van der Waals surface area contributed by atoms with Crippen molar-refractivity contribution in [2.75, 3.05) is 6.54 Å². The zero-order valence-corrected chi connectivity index (χ0v) is 16.3. The summed E-state index contributed by atoms with van der Waals surface area (Å²) >= 11 is 0. The molecule has 2 heterocycles. The first kappa shape index (κ1) is 18.2. The molecule has 1 aromatic carbocycles. The van der Waals surface area contributed by atoms with Gasteiger partial charge in [-0.15, -0.1) is 0 Å². The number of nitrogens with zero attached hydrogens (tertiary/aromatic N) is 2. The first-order valence-electron chi connectivity index (χ1n) is 10.4. The van der Waals surface area contributed by atoms with Gasteiger partial charge in [-0.1, -0.05) is 30.7 Å². The third kappa shape index (κ3) is 4.08. The summed E-state index contributed by atoms with van der Waals surface area (Å²) < 4.78 is 0. The minimum atomic E-state index is -0.0597. The fraction of sp³-hybridized carbons (Fsp3) is 0.545. The smallest absolute Gasteiger partial charge is 0.272 e. The molecular weight excluding hydrogens is 336 g/mol. The number of nitrogens with one attached hydrogen (secondary N) is 2. The fourth-order valence-electron chi connectivity index (χ4n) is 4.42. The number of aromatic nitrogens is 2. The number of rotatable bonds is 5. The van der Waals surface area contributed by atoms with Gasteiger partial charge in [-0.05, 0) is 63.1 Å². The van der Waals surface area contributed by atoms with Gasteiger partial charge in [-0.25, -0.2) is 0 Å². The quantitative estimate of drug-likeness (QED) is 0.850. The standard InChI is InChI=1S/C22H30N4O/c1-16-8-6-7-13-26(16)15-18-10-3-2-9-17(18)14-23-22(27)21-19-11-4-5-12-20(19)24-25-21/h2-3,9-10,16H,4-8,11-15H2,1H3,(H,23,27)(H,24,25). The van der Waals surface area contributed by atoms with Crippen LogP contribution in [-0.4, -0.2) is 33.6 Å². The van der Waals surface area contributed by atoms with Crippen LogP contribution in [0.5, 0.6) is 0 Å². The topological polar surface area (TPSA) is 61.0 Å². The molecule has 0 radical (unpaired) electrons. The average Bonchev–Trinajstić information content (AvgIpc) is 3.13. The molecule has 2 aliphatic rings. The minimum Gasteiger partial charge on any atom is -0.347 e. The number of H-pyrrole nitrogens is 1. The Kier molecular flexibility index (Phi) is 5.58. The maximum atomic E-state index is 12.7. The summed E-state index contributed by atoms with van der Waals surface area (Å²) in [5, 5.41) is 10.4.